The molecule has 1 heterocycles. The maximum Gasteiger partial charge on any atom is 0.272 e. The Morgan fingerprint density at radius 1 is 0.906 bits per heavy atom. The van der Waals surface area contributed by atoms with Crippen LogP contribution in [0.2, 0.25) is 5.02 Å². The first-order valence-corrected chi connectivity index (χ1v) is 11.8. The molecule has 0 spiro atoms. The number of rotatable bonds is 4. The molecule has 5 aromatic rings. The summed E-state index contributed by atoms with van der Waals surface area (Å²) in [4.78, 5) is 12.7. The molecule has 0 saturated heterocycles. The predicted molar refractivity (Wildman–Crippen MR) is 127 cm³/mol. The lowest BCUT2D eigenvalue weighted by molar-refractivity contribution is 0.599. The maximum absolute atomic E-state index is 12.7. The normalized spacial score (nSPS) is 11.9. The molecular formula is C24H18ClN3O3S. The van der Waals surface area contributed by atoms with E-state index in [0.717, 1.165) is 10.9 Å². The number of nitrogens with one attached hydrogen (secondary N) is 1. The van der Waals surface area contributed by atoms with Crippen molar-refractivity contribution in [2.75, 3.05) is 0 Å². The Hall–Kier alpha value is -3.39. The molecule has 3 N–H and O–H groups in total. The number of nitrogens with two attached hydrogens (primary N) is 1. The highest BCUT2D eigenvalue weighted by Gasteiger charge is 2.20. The van der Waals surface area contributed by atoms with Crippen LogP contribution < -0.4 is 10.7 Å². The number of primary sulfonamides is 1. The number of sulfonamides is 1. The van der Waals surface area contributed by atoms with Gasteiger partial charge in [0, 0.05) is 16.0 Å². The van der Waals surface area contributed by atoms with Crippen molar-refractivity contribution >= 4 is 43.3 Å². The van der Waals surface area contributed by atoms with Crippen molar-refractivity contribution in [1.29, 1.82) is 0 Å². The fourth-order valence-corrected chi connectivity index (χ4v) is 5.15. The van der Waals surface area contributed by atoms with Gasteiger partial charge in [0.1, 0.15) is 0 Å². The van der Waals surface area contributed by atoms with E-state index in [1.165, 1.54) is 0 Å². The number of halogens is 1. The SMILES string of the molecule is NS(=O)(=O)c1c(-c2ccc3c(c2)c(=O)[nH]n3Cc2ccc(Cl)cc2)ccc2ccccc12. The average Bonchev–Trinajstić information content (AvgIpc) is 3.08. The minimum Gasteiger partial charge on any atom is -0.280 e. The third-order valence-electron chi connectivity index (χ3n) is 5.50. The van der Waals surface area contributed by atoms with E-state index in [-0.39, 0.29) is 10.5 Å². The number of aromatic amines is 1. The summed E-state index contributed by atoms with van der Waals surface area (Å²) in [6.07, 6.45) is 0. The second kappa shape index (κ2) is 7.63. The summed E-state index contributed by atoms with van der Waals surface area (Å²) in [7, 11) is -4.01. The molecule has 0 radical (unpaired) electrons. The third kappa shape index (κ3) is 3.60. The van der Waals surface area contributed by atoms with E-state index < -0.39 is 10.0 Å². The number of aromatic nitrogens is 2. The molecule has 0 aliphatic heterocycles. The highest BCUT2D eigenvalue weighted by atomic mass is 35.5. The molecule has 5 rings (SSSR count). The number of nitrogens with zero attached hydrogens (tertiary/aromatic N) is 1. The molecule has 0 bridgehead atoms. The van der Waals surface area contributed by atoms with Crippen LogP contribution in [0, 0.1) is 0 Å². The van der Waals surface area contributed by atoms with Gasteiger partial charge in [-0.2, -0.15) is 0 Å². The summed E-state index contributed by atoms with van der Waals surface area (Å²) in [5.41, 5.74) is 2.50. The smallest absolute Gasteiger partial charge is 0.272 e. The first-order chi connectivity index (χ1) is 15.3. The molecule has 160 valence electrons. The van der Waals surface area contributed by atoms with Gasteiger partial charge < -0.3 is 0 Å². The summed E-state index contributed by atoms with van der Waals surface area (Å²) in [6, 6.07) is 23.4. The van der Waals surface area contributed by atoms with E-state index in [2.05, 4.69) is 5.10 Å². The van der Waals surface area contributed by atoms with Gasteiger partial charge in [-0.25, -0.2) is 13.6 Å². The van der Waals surface area contributed by atoms with Crippen LogP contribution >= 0.6 is 11.6 Å². The molecule has 1 aromatic heterocycles. The summed E-state index contributed by atoms with van der Waals surface area (Å²) < 4.78 is 26.8. The molecule has 0 fully saturated rings. The maximum atomic E-state index is 12.7. The van der Waals surface area contributed by atoms with E-state index >= 15 is 0 Å². The van der Waals surface area contributed by atoms with Crippen LogP contribution in [-0.4, -0.2) is 18.2 Å². The summed E-state index contributed by atoms with van der Waals surface area (Å²) >= 11 is 5.95. The van der Waals surface area contributed by atoms with Crippen LogP contribution in [0.4, 0.5) is 0 Å². The topological polar surface area (TPSA) is 98.0 Å². The number of benzene rings is 4. The van der Waals surface area contributed by atoms with Crippen LogP contribution in [-0.2, 0) is 16.6 Å². The molecule has 0 aliphatic rings. The highest BCUT2D eigenvalue weighted by molar-refractivity contribution is 7.89. The van der Waals surface area contributed by atoms with Gasteiger partial charge in [0.15, 0.2) is 0 Å². The van der Waals surface area contributed by atoms with Gasteiger partial charge in [0.25, 0.3) is 5.56 Å². The summed E-state index contributed by atoms with van der Waals surface area (Å²) in [5, 5.41) is 10.9. The molecular weight excluding hydrogens is 446 g/mol. The third-order valence-corrected chi connectivity index (χ3v) is 6.76. The van der Waals surface area contributed by atoms with Gasteiger partial charge in [-0.3, -0.25) is 14.6 Å². The lowest BCUT2D eigenvalue weighted by Gasteiger charge is -2.12. The molecule has 0 amide bonds. The molecule has 8 heteroatoms. The van der Waals surface area contributed by atoms with E-state index in [1.54, 1.807) is 53.2 Å². The lowest BCUT2D eigenvalue weighted by atomic mass is 10.00. The summed E-state index contributed by atoms with van der Waals surface area (Å²) in [6.45, 7) is 0.466. The molecule has 6 nitrogen and oxygen atoms in total. The lowest BCUT2D eigenvalue weighted by Crippen LogP contribution is -2.14. The van der Waals surface area contributed by atoms with Crippen molar-refractivity contribution in [1.82, 2.24) is 9.78 Å². The van der Waals surface area contributed by atoms with Gasteiger partial charge in [0.2, 0.25) is 10.0 Å². The number of fused-ring (bicyclic) bond motifs is 2. The van der Waals surface area contributed by atoms with Gasteiger partial charge in [-0.1, -0.05) is 66.2 Å². The van der Waals surface area contributed by atoms with Gasteiger partial charge >= 0.3 is 0 Å². The fourth-order valence-electron chi connectivity index (χ4n) is 4.04. The second-order valence-corrected chi connectivity index (χ2v) is 9.53. The van der Waals surface area contributed by atoms with Crippen LogP contribution in [0.3, 0.4) is 0 Å². The quantitative estimate of drug-likeness (QED) is 0.410. The van der Waals surface area contributed by atoms with Crippen LogP contribution in [0.25, 0.3) is 32.8 Å². The predicted octanol–water partition coefficient (Wildman–Crippen LogP) is 4.50. The number of hydrogen-bond donors (Lipinski definition) is 2. The van der Waals surface area contributed by atoms with Gasteiger partial charge in [-0.05, 0) is 40.8 Å². The monoisotopic (exact) mass is 463 g/mol. The Morgan fingerprint density at radius 2 is 1.66 bits per heavy atom. The fraction of sp³-hybridized carbons (Fsp3) is 0.0417. The van der Waals surface area contributed by atoms with Crippen molar-refractivity contribution < 1.29 is 8.42 Å². The minimum absolute atomic E-state index is 0.0481. The highest BCUT2D eigenvalue weighted by Crippen LogP contribution is 2.34. The largest absolute Gasteiger partial charge is 0.280 e. The van der Waals surface area contributed by atoms with E-state index in [9.17, 15) is 13.2 Å². The van der Waals surface area contributed by atoms with Crippen molar-refractivity contribution in [3.8, 4) is 11.1 Å². The first-order valence-electron chi connectivity index (χ1n) is 9.83. The molecule has 4 aromatic carbocycles. The number of H-pyrrole nitrogens is 1. The Kier molecular flexibility index (Phi) is 4.89. The molecule has 0 saturated carbocycles. The van der Waals surface area contributed by atoms with E-state index in [4.69, 9.17) is 16.7 Å². The van der Waals surface area contributed by atoms with Crippen molar-refractivity contribution in [2.45, 2.75) is 11.4 Å². The Morgan fingerprint density at radius 3 is 2.41 bits per heavy atom. The summed E-state index contributed by atoms with van der Waals surface area (Å²) in [5.74, 6) is 0. The minimum atomic E-state index is -4.01. The van der Waals surface area contributed by atoms with Crippen molar-refractivity contribution in [2.24, 2.45) is 5.14 Å². The molecule has 0 unspecified atom stereocenters. The van der Waals surface area contributed by atoms with Crippen molar-refractivity contribution in [3.63, 3.8) is 0 Å². The van der Waals surface area contributed by atoms with Crippen molar-refractivity contribution in [3.05, 3.63) is 99.8 Å². The Labute approximate surface area is 188 Å². The zero-order chi connectivity index (χ0) is 22.5. The molecule has 32 heavy (non-hydrogen) atoms. The van der Waals surface area contributed by atoms with Crippen LogP contribution in [0.5, 0.6) is 0 Å². The molecule has 0 aliphatic carbocycles. The number of hydrogen-bond acceptors (Lipinski definition) is 3. The first kappa shape index (κ1) is 20.5. The van der Waals surface area contributed by atoms with Crippen LogP contribution in [0.1, 0.15) is 5.56 Å². The zero-order valence-corrected chi connectivity index (χ0v) is 18.3. The zero-order valence-electron chi connectivity index (χ0n) is 16.7. The van der Waals surface area contributed by atoms with Crippen LogP contribution in [0.15, 0.2) is 88.6 Å². The Balaban J connectivity index is 1.67. The van der Waals surface area contributed by atoms with Gasteiger partial charge in [-0.15, -0.1) is 0 Å². The van der Waals surface area contributed by atoms with E-state index in [0.29, 0.717) is 39.0 Å². The van der Waals surface area contributed by atoms with Gasteiger partial charge in [0.05, 0.1) is 22.3 Å². The second-order valence-electron chi connectivity index (χ2n) is 7.59. The molecule has 0 atom stereocenters. The Bertz CT molecular complexity index is 1650. The van der Waals surface area contributed by atoms with E-state index in [1.807, 2.05) is 30.3 Å². The average molecular weight is 464 g/mol. The standard InChI is InChI=1S/C24H18ClN3O3S/c25-18-9-5-15(6-10-18)14-28-22-12-8-17(13-21(22)24(29)27-28)20-11-7-16-3-1-2-4-19(16)23(20)32(26,30)31/h1-13H,14H2,(H,27,29)(H2,26,30,31).